The topological polar surface area (TPSA) is 27.3 Å². The molecule has 19 heavy (non-hydrogen) atoms. The number of likely N-dealkylation sites (N-methyl/N-ethyl adjacent to an activating group) is 1. The summed E-state index contributed by atoms with van der Waals surface area (Å²) in [7, 11) is 2.02. The van der Waals surface area contributed by atoms with E-state index in [1.54, 1.807) is 0 Å². The third-order valence-corrected chi connectivity index (χ3v) is 2.66. The highest BCUT2D eigenvalue weighted by molar-refractivity contribution is 5.44. The van der Waals surface area contributed by atoms with Crippen LogP contribution >= 0.6 is 0 Å². The third kappa shape index (κ3) is 6.31. The molecule has 106 valence electrons. The molecule has 0 bridgehead atoms. The van der Waals surface area contributed by atoms with Crippen LogP contribution in [0, 0.1) is 11.6 Å². The molecule has 0 aliphatic rings. The Bertz CT molecular complexity index is 396. The number of hydrogen-bond donors (Lipinski definition) is 2. The lowest BCUT2D eigenvalue weighted by Gasteiger charge is -2.14. The van der Waals surface area contributed by atoms with Crippen LogP contribution in [0.2, 0.25) is 0 Å². The van der Waals surface area contributed by atoms with Crippen LogP contribution in [0.25, 0.3) is 0 Å². The van der Waals surface area contributed by atoms with Gasteiger partial charge in [0.1, 0.15) is 11.6 Å². The summed E-state index contributed by atoms with van der Waals surface area (Å²) in [5, 5.41) is 6.16. The van der Waals surface area contributed by atoms with E-state index in [1.165, 1.54) is 12.1 Å². The fraction of sp³-hybridized carbons (Fsp3) is 0.429. The van der Waals surface area contributed by atoms with Gasteiger partial charge in [0, 0.05) is 38.8 Å². The van der Waals surface area contributed by atoms with Gasteiger partial charge in [0.05, 0.1) is 5.69 Å². The number of hydrogen-bond acceptors (Lipinski definition) is 3. The van der Waals surface area contributed by atoms with Gasteiger partial charge in [-0.1, -0.05) is 6.08 Å². The number of benzene rings is 1. The first-order valence-corrected chi connectivity index (χ1v) is 6.32. The van der Waals surface area contributed by atoms with Crippen LogP contribution < -0.4 is 10.6 Å². The van der Waals surface area contributed by atoms with Crippen molar-refractivity contribution in [3.63, 3.8) is 0 Å². The summed E-state index contributed by atoms with van der Waals surface area (Å²) in [6.45, 7) is 7.63. The van der Waals surface area contributed by atoms with Gasteiger partial charge < -0.3 is 15.5 Å². The molecule has 0 aliphatic carbocycles. The standard InChI is InChI=1S/C14H21F2N3/c1-3-9-19(2)10-8-17-6-7-18-14-5-4-12(15)11-13(14)16/h3-5,11,17-18H,1,6-10H2,2H3. The van der Waals surface area contributed by atoms with E-state index in [0.717, 1.165) is 32.2 Å². The summed E-state index contributed by atoms with van der Waals surface area (Å²) in [6, 6.07) is 3.52. The molecule has 2 N–H and O–H groups in total. The molecule has 1 aromatic carbocycles. The average Bonchev–Trinajstić information content (AvgIpc) is 2.36. The van der Waals surface area contributed by atoms with Crippen molar-refractivity contribution in [2.24, 2.45) is 0 Å². The van der Waals surface area contributed by atoms with Crippen LogP contribution in [-0.2, 0) is 0 Å². The normalized spacial score (nSPS) is 10.7. The van der Waals surface area contributed by atoms with Crippen LogP contribution in [0.4, 0.5) is 14.5 Å². The van der Waals surface area contributed by atoms with Crippen LogP contribution in [0.3, 0.4) is 0 Å². The Hall–Kier alpha value is -1.46. The Morgan fingerprint density at radius 3 is 2.74 bits per heavy atom. The van der Waals surface area contributed by atoms with Gasteiger partial charge in [-0.3, -0.25) is 0 Å². The third-order valence-electron chi connectivity index (χ3n) is 2.66. The first-order chi connectivity index (χ1) is 9.13. The quantitative estimate of drug-likeness (QED) is 0.531. The van der Waals surface area contributed by atoms with E-state index < -0.39 is 11.6 Å². The van der Waals surface area contributed by atoms with Gasteiger partial charge >= 0.3 is 0 Å². The second-order valence-corrected chi connectivity index (χ2v) is 4.35. The highest BCUT2D eigenvalue weighted by Gasteiger charge is 2.02. The van der Waals surface area contributed by atoms with E-state index in [9.17, 15) is 8.78 Å². The van der Waals surface area contributed by atoms with Gasteiger partial charge in [-0.15, -0.1) is 6.58 Å². The molecule has 0 heterocycles. The highest BCUT2D eigenvalue weighted by atomic mass is 19.1. The molecule has 1 aromatic rings. The molecule has 0 unspecified atom stereocenters. The van der Waals surface area contributed by atoms with E-state index in [2.05, 4.69) is 22.1 Å². The molecular weight excluding hydrogens is 248 g/mol. The predicted octanol–water partition coefficient (Wildman–Crippen LogP) is 2.08. The van der Waals surface area contributed by atoms with Gasteiger partial charge in [0.2, 0.25) is 0 Å². The Morgan fingerprint density at radius 2 is 2.05 bits per heavy atom. The molecule has 0 saturated heterocycles. The van der Waals surface area contributed by atoms with Crippen LogP contribution in [-0.4, -0.2) is 44.7 Å². The molecule has 0 aromatic heterocycles. The average molecular weight is 269 g/mol. The minimum atomic E-state index is -0.564. The zero-order chi connectivity index (χ0) is 14.1. The lowest BCUT2D eigenvalue weighted by molar-refractivity contribution is 0.367. The molecule has 0 spiro atoms. The fourth-order valence-corrected chi connectivity index (χ4v) is 1.62. The molecule has 0 amide bonds. The van der Waals surface area contributed by atoms with Gasteiger partial charge in [-0.2, -0.15) is 0 Å². The van der Waals surface area contributed by atoms with Crippen molar-refractivity contribution in [3.8, 4) is 0 Å². The molecule has 0 aliphatic heterocycles. The Labute approximate surface area is 113 Å². The van der Waals surface area contributed by atoms with Gasteiger partial charge in [-0.25, -0.2) is 8.78 Å². The summed E-state index contributed by atoms with van der Waals surface area (Å²) < 4.78 is 26.0. The van der Waals surface area contributed by atoms with E-state index in [-0.39, 0.29) is 0 Å². The summed E-state index contributed by atoms with van der Waals surface area (Å²) in [6.07, 6.45) is 1.86. The second-order valence-electron chi connectivity index (χ2n) is 4.35. The lowest BCUT2D eigenvalue weighted by Crippen LogP contribution is -2.31. The van der Waals surface area contributed by atoms with Crippen molar-refractivity contribution in [3.05, 3.63) is 42.5 Å². The molecule has 0 atom stereocenters. The smallest absolute Gasteiger partial charge is 0.149 e. The molecule has 1 rings (SSSR count). The second kappa shape index (κ2) is 8.61. The number of halogens is 2. The predicted molar refractivity (Wildman–Crippen MR) is 75.4 cm³/mol. The first-order valence-electron chi connectivity index (χ1n) is 6.32. The van der Waals surface area contributed by atoms with E-state index in [4.69, 9.17) is 0 Å². The van der Waals surface area contributed by atoms with E-state index in [0.29, 0.717) is 12.2 Å². The summed E-state index contributed by atoms with van der Waals surface area (Å²) in [5.41, 5.74) is 0.326. The molecule has 0 saturated carbocycles. The molecule has 0 fully saturated rings. The Balaban J connectivity index is 2.12. The van der Waals surface area contributed by atoms with Gasteiger partial charge in [-0.05, 0) is 19.2 Å². The first kappa shape index (κ1) is 15.6. The Morgan fingerprint density at radius 1 is 1.26 bits per heavy atom. The molecule has 3 nitrogen and oxygen atoms in total. The molecule has 5 heteroatoms. The minimum absolute atomic E-state index is 0.326. The van der Waals surface area contributed by atoms with E-state index >= 15 is 0 Å². The zero-order valence-electron chi connectivity index (χ0n) is 11.3. The van der Waals surface area contributed by atoms with Crippen molar-refractivity contribution in [1.82, 2.24) is 10.2 Å². The number of anilines is 1. The largest absolute Gasteiger partial charge is 0.381 e. The van der Waals surface area contributed by atoms with Crippen LogP contribution in [0.15, 0.2) is 30.9 Å². The lowest BCUT2D eigenvalue weighted by atomic mass is 10.3. The van der Waals surface area contributed by atoms with Crippen molar-refractivity contribution >= 4 is 5.69 Å². The number of rotatable bonds is 9. The summed E-state index contributed by atoms with van der Waals surface area (Å²) in [4.78, 5) is 2.15. The van der Waals surface area contributed by atoms with Crippen molar-refractivity contribution < 1.29 is 8.78 Å². The van der Waals surface area contributed by atoms with E-state index in [1.807, 2.05) is 13.1 Å². The highest BCUT2D eigenvalue weighted by Crippen LogP contribution is 2.14. The van der Waals surface area contributed by atoms with Gasteiger partial charge in [0.25, 0.3) is 0 Å². The monoisotopic (exact) mass is 269 g/mol. The minimum Gasteiger partial charge on any atom is -0.381 e. The van der Waals surface area contributed by atoms with Crippen molar-refractivity contribution in [2.75, 3.05) is 45.1 Å². The summed E-state index contributed by atoms with van der Waals surface area (Å²) >= 11 is 0. The SMILES string of the molecule is C=CCN(C)CCNCCNc1ccc(F)cc1F. The van der Waals surface area contributed by atoms with Crippen molar-refractivity contribution in [1.29, 1.82) is 0 Å². The number of nitrogens with zero attached hydrogens (tertiary/aromatic N) is 1. The Kier molecular flexibility index (Phi) is 7.07. The number of nitrogens with one attached hydrogen (secondary N) is 2. The van der Waals surface area contributed by atoms with Gasteiger partial charge in [0.15, 0.2) is 0 Å². The van der Waals surface area contributed by atoms with Crippen LogP contribution in [0.5, 0.6) is 0 Å². The zero-order valence-corrected chi connectivity index (χ0v) is 11.3. The van der Waals surface area contributed by atoms with Crippen molar-refractivity contribution in [2.45, 2.75) is 0 Å². The molecular formula is C14H21F2N3. The fourth-order valence-electron chi connectivity index (χ4n) is 1.62. The maximum absolute atomic E-state index is 13.3. The molecule has 0 radical (unpaired) electrons. The maximum Gasteiger partial charge on any atom is 0.149 e. The van der Waals surface area contributed by atoms with Crippen LogP contribution in [0.1, 0.15) is 0 Å². The maximum atomic E-state index is 13.3. The summed E-state index contributed by atoms with van der Waals surface area (Å²) in [5.74, 6) is -1.13.